The smallest absolute Gasteiger partial charge is 0.245 e. The Morgan fingerprint density at radius 3 is 2.53 bits per heavy atom. The summed E-state index contributed by atoms with van der Waals surface area (Å²) < 4.78 is 13.4. The van der Waals surface area contributed by atoms with Crippen LogP contribution in [0.25, 0.3) is 11.1 Å². The first-order valence-corrected chi connectivity index (χ1v) is 9.88. The molecule has 0 spiro atoms. The Balaban J connectivity index is 1.67. The maximum Gasteiger partial charge on any atom is 0.245 e. The molecule has 1 fully saturated rings. The molecule has 1 aromatic rings. The van der Waals surface area contributed by atoms with Crippen molar-refractivity contribution < 1.29 is 18.8 Å². The van der Waals surface area contributed by atoms with Crippen molar-refractivity contribution in [1.82, 2.24) is 5.06 Å². The lowest BCUT2D eigenvalue weighted by Crippen LogP contribution is -2.55. The summed E-state index contributed by atoms with van der Waals surface area (Å²) in [6.07, 6.45) is 0.625. The third-order valence-corrected chi connectivity index (χ3v) is 5.76. The highest BCUT2D eigenvalue weighted by molar-refractivity contribution is 6.04. The lowest BCUT2D eigenvalue weighted by atomic mass is 9.78. The minimum atomic E-state index is -0.348. The fraction of sp³-hybridized carbons (Fsp3) is 0.250. The number of halogens is 1. The minimum absolute atomic E-state index is 0.0610. The van der Waals surface area contributed by atoms with Crippen LogP contribution in [0.5, 0.6) is 0 Å². The number of fused-ring (bicyclic) bond motifs is 1. The molecule has 3 aliphatic rings. The van der Waals surface area contributed by atoms with Crippen molar-refractivity contribution in [2.45, 2.75) is 18.9 Å². The summed E-state index contributed by atoms with van der Waals surface area (Å²) in [5.74, 6) is -0.920. The molecule has 0 aromatic heterocycles. The van der Waals surface area contributed by atoms with Gasteiger partial charge in [-0.25, -0.2) is 9.45 Å². The second kappa shape index (κ2) is 8.24. The lowest BCUT2D eigenvalue weighted by Gasteiger charge is -2.47. The van der Waals surface area contributed by atoms with Gasteiger partial charge in [-0.05, 0) is 47.4 Å². The van der Waals surface area contributed by atoms with Gasteiger partial charge in [0.2, 0.25) is 11.8 Å². The number of anilines is 1. The van der Waals surface area contributed by atoms with Crippen LogP contribution in [0.4, 0.5) is 10.1 Å². The molecule has 5 nitrogen and oxygen atoms in total. The first-order valence-electron chi connectivity index (χ1n) is 9.88. The molecule has 1 aromatic carbocycles. The number of rotatable bonds is 6. The van der Waals surface area contributed by atoms with Gasteiger partial charge >= 0.3 is 0 Å². The molecule has 0 saturated carbocycles. The quantitative estimate of drug-likeness (QED) is 0.449. The van der Waals surface area contributed by atoms with Crippen molar-refractivity contribution in [1.29, 1.82) is 0 Å². The average molecular weight is 406 g/mol. The van der Waals surface area contributed by atoms with Gasteiger partial charge in [0, 0.05) is 19.2 Å². The molecule has 1 aliphatic heterocycles. The van der Waals surface area contributed by atoms with Gasteiger partial charge in [0.1, 0.15) is 5.82 Å². The first-order chi connectivity index (χ1) is 14.5. The largest absolute Gasteiger partial charge is 0.304 e. The summed E-state index contributed by atoms with van der Waals surface area (Å²) in [5, 5.41) is 1.17. The molecule has 0 radical (unpaired) electrons. The first kappa shape index (κ1) is 20.0. The molecule has 0 unspecified atom stereocenters. The summed E-state index contributed by atoms with van der Waals surface area (Å²) in [7, 11) is 2.99. The van der Waals surface area contributed by atoms with Crippen LogP contribution in [0.1, 0.15) is 24.4 Å². The molecule has 0 N–H and O–H groups in total. The highest BCUT2D eigenvalue weighted by atomic mass is 19.1. The summed E-state index contributed by atoms with van der Waals surface area (Å²) in [6, 6.07) is 19.8. The number of hydrogen-bond acceptors (Lipinski definition) is 3. The van der Waals surface area contributed by atoms with Gasteiger partial charge in [-0.3, -0.25) is 14.4 Å². The molecule has 0 bridgehead atoms. The average Bonchev–Trinajstić information content (AvgIpc) is 2.98. The van der Waals surface area contributed by atoms with E-state index in [1.807, 2.05) is 42.5 Å². The third kappa shape index (κ3) is 3.55. The van der Waals surface area contributed by atoms with Crippen LogP contribution in [-0.4, -0.2) is 31.0 Å². The number of benzene rings is 1. The van der Waals surface area contributed by atoms with E-state index in [2.05, 4.69) is 0 Å². The minimum Gasteiger partial charge on any atom is -0.304 e. The van der Waals surface area contributed by atoms with Crippen molar-refractivity contribution in [3.63, 3.8) is 0 Å². The van der Waals surface area contributed by atoms with E-state index in [1.165, 1.54) is 24.3 Å². The van der Waals surface area contributed by atoms with Crippen molar-refractivity contribution in [2.75, 3.05) is 19.1 Å². The summed E-state index contributed by atoms with van der Waals surface area (Å²) in [5.41, 5.74) is 3.83. The molecule has 2 amide bonds. The second-order valence-corrected chi connectivity index (χ2v) is 7.42. The molecule has 30 heavy (non-hydrogen) atoms. The maximum atomic E-state index is 13.4. The normalized spacial score (nSPS) is 18.4. The van der Waals surface area contributed by atoms with Gasteiger partial charge in [0.15, 0.2) is 0 Å². The van der Waals surface area contributed by atoms with Crippen LogP contribution in [0.15, 0.2) is 66.7 Å². The predicted molar refractivity (Wildman–Crippen MR) is 112 cm³/mol. The Hall–Kier alpha value is -3.25. The highest BCUT2D eigenvalue weighted by Gasteiger charge is 2.49. The van der Waals surface area contributed by atoms with E-state index in [-0.39, 0.29) is 36.0 Å². The summed E-state index contributed by atoms with van der Waals surface area (Å²) in [4.78, 5) is 31.9. The lowest BCUT2D eigenvalue weighted by molar-refractivity contribution is -0.169. The van der Waals surface area contributed by atoms with Gasteiger partial charge in [-0.15, -0.1) is 0 Å². The summed E-state index contributed by atoms with van der Waals surface area (Å²) >= 11 is 0. The van der Waals surface area contributed by atoms with Crippen LogP contribution in [-0.2, 0) is 14.4 Å². The third-order valence-electron chi connectivity index (χ3n) is 5.76. The SMILES string of the molecule is CON(C)C(=O)CC[C@H]1C(=O)N(c2ccc(F)cc2)[C@@H]1c1ccc2cccccc1-2. The van der Waals surface area contributed by atoms with Gasteiger partial charge in [-0.1, -0.05) is 42.5 Å². The summed E-state index contributed by atoms with van der Waals surface area (Å²) in [6.45, 7) is 0. The van der Waals surface area contributed by atoms with E-state index >= 15 is 0 Å². The van der Waals surface area contributed by atoms with Crippen LogP contribution in [0.3, 0.4) is 0 Å². The van der Waals surface area contributed by atoms with Crippen molar-refractivity contribution >= 4 is 17.5 Å². The number of β-lactam (4-membered cyclic amide) rings is 1. The van der Waals surface area contributed by atoms with Crippen LogP contribution >= 0.6 is 0 Å². The molecule has 2 aliphatic carbocycles. The standard InChI is InChI=1S/C24H23FN2O3/c1-26(30-2)22(28)15-14-21-23(20-13-8-16-6-4-3-5-7-19(16)20)27(24(21)29)18-11-9-17(25)10-12-18/h3-13,21,23H,14-15H2,1-2H3/t21-,23-/m1/s1. The predicted octanol–water partition coefficient (Wildman–Crippen LogP) is 4.43. The van der Waals surface area contributed by atoms with Gasteiger partial charge in [-0.2, -0.15) is 0 Å². The maximum absolute atomic E-state index is 13.4. The van der Waals surface area contributed by atoms with E-state index < -0.39 is 0 Å². The molecular weight excluding hydrogens is 383 g/mol. The number of carbonyl (C=O) groups is 2. The fourth-order valence-electron chi connectivity index (χ4n) is 4.11. The zero-order valence-corrected chi connectivity index (χ0v) is 16.9. The molecule has 1 heterocycles. The highest BCUT2D eigenvalue weighted by Crippen LogP contribution is 2.49. The number of hydrogen-bond donors (Lipinski definition) is 0. The molecule has 2 atom stereocenters. The van der Waals surface area contributed by atoms with Gasteiger partial charge < -0.3 is 4.90 Å². The van der Waals surface area contributed by atoms with E-state index in [0.717, 1.165) is 16.7 Å². The number of amides is 2. The van der Waals surface area contributed by atoms with Crippen molar-refractivity contribution in [3.05, 3.63) is 78.1 Å². The van der Waals surface area contributed by atoms with Gasteiger partial charge in [0.25, 0.3) is 0 Å². The molecule has 1 saturated heterocycles. The van der Waals surface area contributed by atoms with Crippen LogP contribution in [0, 0.1) is 11.7 Å². The Morgan fingerprint density at radius 1 is 1.07 bits per heavy atom. The second-order valence-electron chi connectivity index (χ2n) is 7.42. The molecule has 6 heteroatoms. The van der Waals surface area contributed by atoms with E-state index in [1.54, 1.807) is 24.1 Å². The zero-order valence-electron chi connectivity index (χ0n) is 16.9. The van der Waals surface area contributed by atoms with E-state index in [9.17, 15) is 14.0 Å². The Morgan fingerprint density at radius 2 is 1.80 bits per heavy atom. The molecule has 4 rings (SSSR count). The number of carbonyl (C=O) groups excluding carboxylic acids is 2. The monoisotopic (exact) mass is 406 g/mol. The van der Waals surface area contributed by atoms with Crippen molar-refractivity contribution in [2.24, 2.45) is 5.92 Å². The van der Waals surface area contributed by atoms with Crippen molar-refractivity contribution in [3.8, 4) is 11.1 Å². The zero-order chi connectivity index (χ0) is 21.3. The van der Waals surface area contributed by atoms with E-state index in [0.29, 0.717) is 12.1 Å². The Bertz CT molecular complexity index is 1040. The fourth-order valence-corrected chi connectivity index (χ4v) is 4.11. The molecule has 154 valence electrons. The van der Waals surface area contributed by atoms with Gasteiger partial charge in [0.05, 0.1) is 19.1 Å². The Kier molecular flexibility index (Phi) is 5.50. The number of nitrogens with zero attached hydrogens (tertiary/aromatic N) is 2. The van der Waals surface area contributed by atoms with E-state index in [4.69, 9.17) is 4.84 Å². The number of hydroxylamine groups is 2. The molecular formula is C24H23FN2O3. The van der Waals surface area contributed by atoms with Crippen LogP contribution in [0.2, 0.25) is 0 Å². The Labute approximate surface area is 175 Å². The van der Waals surface area contributed by atoms with Crippen LogP contribution < -0.4 is 4.90 Å². The topological polar surface area (TPSA) is 49.9 Å².